The third-order valence-electron chi connectivity index (χ3n) is 1.04. The Morgan fingerprint density at radius 1 is 1.64 bits per heavy atom. The molecule has 1 aromatic rings. The van der Waals surface area contributed by atoms with Crippen molar-refractivity contribution in [3.63, 3.8) is 0 Å². The summed E-state index contributed by atoms with van der Waals surface area (Å²) in [6.45, 7) is 1.36. The number of hydrogen-bond donors (Lipinski definition) is 1. The molecule has 0 aliphatic heterocycles. The van der Waals surface area contributed by atoms with Crippen LogP contribution in [-0.4, -0.2) is 12.2 Å². The largest absolute Gasteiger partial charge is 0.438 e. The van der Waals surface area contributed by atoms with Gasteiger partial charge >= 0.3 is 0 Å². The van der Waals surface area contributed by atoms with Crippen molar-refractivity contribution in [2.45, 2.75) is 6.92 Å². The van der Waals surface area contributed by atoms with Crippen molar-refractivity contribution in [1.82, 2.24) is 0 Å². The first-order valence-electron chi connectivity index (χ1n) is 3.05. The Balaban J connectivity index is 2.72. The Bertz CT molecular complexity index is 277. The van der Waals surface area contributed by atoms with Gasteiger partial charge in [-0.25, -0.2) is 0 Å². The summed E-state index contributed by atoms with van der Waals surface area (Å²) in [5.41, 5.74) is 0. The van der Waals surface area contributed by atoms with Crippen LogP contribution in [0.2, 0.25) is 0 Å². The van der Waals surface area contributed by atoms with Crippen LogP contribution < -0.4 is 5.32 Å². The molecule has 0 saturated carbocycles. The minimum Gasteiger partial charge on any atom is -0.438 e. The van der Waals surface area contributed by atoms with Gasteiger partial charge in [-0.05, 0) is 6.07 Å². The van der Waals surface area contributed by atoms with Crippen molar-refractivity contribution in [2.24, 2.45) is 0 Å². The van der Waals surface area contributed by atoms with Gasteiger partial charge < -0.3 is 4.42 Å². The predicted molar refractivity (Wildman–Crippen MR) is 38.4 cm³/mol. The molecule has 1 aromatic heterocycles. The Labute approximate surface area is 63.2 Å². The van der Waals surface area contributed by atoms with E-state index in [4.69, 9.17) is 4.42 Å². The fourth-order valence-electron chi connectivity index (χ4n) is 0.657. The summed E-state index contributed by atoms with van der Waals surface area (Å²) >= 11 is 0. The lowest BCUT2D eigenvalue weighted by Crippen LogP contribution is -2.04. The third kappa shape index (κ3) is 1.93. The second-order valence-corrected chi connectivity index (χ2v) is 2.00. The standard InChI is InChI=1S/C7H7NO3/c1-5(10)8-7-3-2-6(4-9)11-7/h2-4H,1H3,(H,8,10). The normalized spacial score (nSPS) is 9.18. The molecule has 0 radical (unpaired) electrons. The SMILES string of the molecule is CC(=O)Nc1ccc(C=O)o1. The molecule has 0 unspecified atom stereocenters. The Hall–Kier alpha value is -1.58. The van der Waals surface area contributed by atoms with Gasteiger partial charge in [-0.3, -0.25) is 14.9 Å². The third-order valence-corrected chi connectivity index (χ3v) is 1.04. The molecule has 0 fully saturated rings. The van der Waals surface area contributed by atoms with Crippen LogP contribution in [0, 0.1) is 0 Å². The van der Waals surface area contributed by atoms with Crippen LogP contribution in [0.1, 0.15) is 17.5 Å². The summed E-state index contributed by atoms with van der Waals surface area (Å²) in [6.07, 6.45) is 0.575. The molecule has 0 saturated heterocycles. The first kappa shape index (κ1) is 7.53. The zero-order valence-corrected chi connectivity index (χ0v) is 5.96. The summed E-state index contributed by atoms with van der Waals surface area (Å²) in [5, 5.41) is 2.40. The maximum Gasteiger partial charge on any atom is 0.223 e. The maximum atomic E-state index is 10.5. The number of carbonyl (C=O) groups excluding carboxylic acids is 2. The molecule has 11 heavy (non-hydrogen) atoms. The molecule has 0 atom stereocenters. The molecule has 0 aromatic carbocycles. The van der Waals surface area contributed by atoms with Crippen molar-refractivity contribution in [3.8, 4) is 0 Å². The van der Waals surface area contributed by atoms with Gasteiger partial charge in [0.15, 0.2) is 17.9 Å². The number of rotatable bonds is 2. The number of anilines is 1. The zero-order valence-electron chi connectivity index (χ0n) is 5.96. The molecule has 1 amide bonds. The van der Waals surface area contributed by atoms with Gasteiger partial charge in [0.25, 0.3) is 0 Å². The molecule has 58 valence electrons. The molecular weight excluding hydrogens is 146 g/mol. The molecule has 0 bridgehead atoms. The van der Waals surface area contributed by atoms with Crippen LogP contribution in [0.3, 0.4) is 0 Å². The van der Waals surface area contributed by atoms with Crippen LogP contribution in [0.4, 0.5) is 5.88 Å². The van der Waals surface area contributed by atoms with E-state index in [1.807, 2.05) is 0 Å². The van der Waals surface area contributed by atoms with Crippen LogP contribution in [0.5, 0.6) is 0 Å². The minimum atomic E-state index is -0.225. The van der Waals surface area contributed by atoms with Gasteiger partial charge in [0.2, 0.25) is 5.91 Å². The van der Waals surface area contributed by atoms with E-state index in [0.717, 1.165) is 0 Å². The number of amides is 1. The fraction of sp³-hybridized carbons (Fsp3) is 0.143. The highest BCUT2D eigenvalue weighted by Crippen LogP contribution is 2.10. The highest BCUT2D eigenvalue weighted by atomic mass is 16.4. The van der Waals surface area contributed by atoms with Crippen LogP contribution >= 0.6 is 0 Å². The Kier molecular flexibility index (Phi) is 2.06. The van der Waals surface area contributed by atoms with E-state index < -0.39 is 0 Å². The topological polar surface area (TPSA) is 59.3 Å². The van der Waals surface area contributed by atoms with Gasteiger partial charge in [-0.15, -0.1) is 0 Å². The van der Waals surface area contributed by atoms with E-state index in [2.05, 4.69) is 5.32 Å². The Morgan fingerprint density at radius 2 is 2.36 bits per heavy atom. The van der Waals surface area contributed by atoms with Crippen molar-refractivity contribution in [3.05, 3.63) is 17.9 Å². The quantitative estimate of drug-likeness (QED) is 0.646. The molecule has 4 heteroatoms. The van der Waals surface area contributed by atoms with E-state index in [9.17, 15) is 9.59 Å². The van der Waals surface area contributed by atoms with E-state index in [1.165, 1.54) is 19.1 Å². The lowest BCUT2D eigenvalue weighted by atomic mass is 10.5. The number of carbonyl (C=O) groups is 2. The van der Waals surface area contributed by atoms with Gasteiger partial charge in [-0.2, -0.15) is 0 Å². The molecule has 4 nitrogen and oxygen atoms in total. The molecule has 0 spiro atoms. The molecule has 1 N–H and O–H groups in total. The lowest BCUT2D eigenvalue weighted by Gasteiger charge is -1.92. The zero-order chi connectivity index (χ0) is 8.27. The predicted octanol–water partition coefficient (Wildman–Crippen LogP) is 1.05. The van der Waals surface area contributed by atoms with E-state index in [-0.39, 0.29) is 11.7 Å². The number of aldehydes is 1. The van der Waals surface area contributed by atoms with E-state index in [1.54, 1.807) is 0 Å². The van der Waals surface area contributed by atoms with Gasteiger partial charge in [0, 0.05) is 13.0 Å². The summed E-state index contributed by atoms with van der Waals surface area (Å²) < 4.78 is 4.84. The number of nitrogens with one attached hydrogen (secondary N) is 1. The van der Waals surface area contributed by atoms with Crippen LogP contribution in [0.15, 0.2) is 16.5 Å². The van der Waals surface area contributed by atoms with Crippen molar-refractivity contribution in [2.75, 3.05) is 5.32 Å². The molecule has 0 aliphatic rings. The van der Waals surface area contributed by atoms with Crippen molar-refractivity contribution < 1.29 is 14.0 Å². The average molecular weight is 153 g/mol. The number of furan rings is 1. The first-order chi connectivity index (χ1) is 5.22. The van der Waals surface area contributed by atoms with Crippen LogP contribution in [-0.2, 0) is 4.79 Å². The Morgan fingerprint density at radius 3 is 2.82 bits per heavy atom. The smallest absolute Gasteiger partial charge is 0.223 e. The van der Waals surface area contributed by atoms with Gasteiger partial charge in [-0.1, -0.05) is 0 Å². The fourth-order valence-corrected chi connectivity index (χ4v) is 0.657. The van der Waals surface area contributed by atoms with Crippen molar-refractivity contribution in [1.29, 1.82) is 0 Å². The second kappa shape index (κ2) is 3.01. The highest BCUT2D eigenvalue weighted by Gasteiger charge is 2.00. The van der Waals surface area contributed by atoms with E-state index in [0.29, 0.717) is 12.2 Å². The van der Waals surface area contributed by atoms with Crippen LogP contribution in [0.25, 0.3) is 0 Å². The highest BCUT2D eigenvalue weighted by molar-refractivity contribution is 5.87. The molecule has 1 heterocycles. The van der Waals surface area contributed by atoms with Crippen molar-refractivity contribution >= 4 is 18.1 Å². The maximum absolute atomic E-state index is 10.5. The number of hydrogen-bond acceptors (Lipinski definition) is 3. The molecule has 1 rings (SSSR count). The summed E-state index contributed by atoms with van der Waals surface area (Å²) in [6, 6.07) is 3.00. The lowest BCUT2D eigenvalue weighted by molar-refractivity contribution is -0.114. The summed E-state index contributed by atoms with van der Waals surface area (Å²) in [5.74, 6) is 0.269. The first-order valence-corrected chi connectivity index (χ1v) is 3.05. The van der Waals surface area contributed by atoms with Gasteiger partial charge in [0.05, 0.1) is 0 Å². The minimum absolute atomic E-state index is 0.203. The average Bonchev–Trinajstić information content (AvgIpc) is 2.34. The molecular formula is C7H7NO3. The second-order valence-electron chi connectivity index (χ2n) is 2.00. The summed E-state index contributed by atoms with van der Waals surface area (Å²) in [4.78, 5) is 20.6. The summed E-state index contributed by atoms with van der Waals surface area (Å²) in [7, 11) is 0. The van der Waals surface area contributed by atoms with Gasteiger partial charge in [0.1, 0.15) is 0 Å². The molecule has 0 aliphatic carbocycles. The van der Waals surface area contributed by atoms with E-state index >= 15 is 0 Å². The monoisotopic (exact) mass is 153 g/mol.